The fourth-order valence-electron chi connectivity index (χ4n) is 1.34. The molecule has 0 spiro atoms. The number of hydrogen-bond donors (Lipinski definition) is 0. The average molecular weight is 170 g/mol. The van der Waals surface area contributed by atoms with Crippen LogP contribution >= 0.6 is 0 Å². The molecule has 0 aliphatic heterocycles. The summed E-state index contributed by atoms with van der Waals surface area (Å²) in [5.74, 6) is 0. The Morgan fingerprint density at radius 1 is 0.700 bits per heavy atom. The van der Waals surface area contributed by atoms with Gasteiger partial charge in [0.1, 0.15) is 0 Å². The molecule has 0 heterocycles. The molecule has 0 aromatic carbocycles. The van der Waals surface area contributed by atoms with Crippen molar-refractivity contribution in [3.63, 3.8) is 0 Å². The predicted octanol–water partition coefficient (Wildman–Crippen LogP) is 1.23. The van der Waals surface area contributed by atoms with Crippen LogP contribution in [0.15, 0.2) is 0 Å². The van der Waals surface area contributed by atoms with Crippen LogP contribution in [0.4, 0.5) is 0 Å². The van der Waals surface area contributed by atoms with Crippen molar-refractivity contribution < 1.29 is 4.48 Å². The van der Waals surface area contributed by atoms with E-state index in [1.807, 2.05) is 0 Å². The van der Waals surface area contributed by atoms with Crippen LogP contribution in [0, 0.1) is 0 Å². The average Bonchev–Trinajstić information content (AvgIpc) is 1.95. The molecule has 0 aliphatic carbocycles. The SMILES string of the molecule is CC[N+](CC)(CC)CC.[KH]. The van der Waals surface area contributed by atoms with Gasteiger partial charge in [-0.25, -0.2) is 0 Å². The zero-order valence-corrected chi connectivity index (χ0v) is 7.28. The Labute approximate surface area is 108 Å². The molecule has 2 heteroatoms. The van der Waals surface area contributed by atoms with E-state index >= 15 is 0 Å². The molecule has 0 saturated carbocycles. The molecule has 0 rings (SSSR count). The number of rotatable bonds is 4. The summed E-state index contributed by atoms with van der Waals surface area (Å²) in [5, 5.41) is 0. The minimum absolute atomic E-state index is 0. The van der Waals surface area contributed by atoms with E-state index in [4.69, 9.17) is 0 Å². The molecule has 0 aromatic rings. The molecule has 58 valence electrons. The predicted molar refractivity (Wildman–Crippen MR) is 49.6 cm³/mol. The molecule has 0 radical (unpaired) electrons. The van der Waals surface area contributed by atoms with Crippen molar-refractivity contribution in [2.45, 2.75) is 27.7 Å². The summed E-state index contributed by atoms with van der Waals surface area (Å²) in [6.45, 7) is 14.2. The van der Waals surface area contributed by atoms with Gasteiger partial charge in [-0.3, -0.25) is 0 Å². The maximum absolute atomic E-state index is 2.27. The number of nitrogens with zero attached hydrogens (tertiary/aromatic N) is 1. The molecule has 0 aliphatic rings. The fourth-order valence-corrected chi connectivity index (χ4v) is 1.34. The first-order chi connectivity index (χ1) is 4.24. The zero-order valence-electron chi connectivity index (χ0n) is 7.28. The maximum atomic E-state index is 2.27. The van der Waals surface area contributed by atoms with Gasteiger partial charge in [-0.15, -0.1) is 0 Å². The van der Waals surface area contributed by atoms with Gasteiger partial charge in [0.25, 0.3) is 0 Å². The van der Waals surface area contributed by atoms with Gasteiger partial charge in [0.2, 0.25) is 0 Å². The Hall–Kier alpha value is 1.60. The Kier molecular flexibility index (Phi) is 10.3. The van der Waals surface area contributed by atoms with Gasteiger partial charge in [0.05, 0.1) is 26.2 Å². The fraction of sp³-hybridized carbons (Fsp3) is 1.00. The van der Waals surface area contributed by atoms with E-state index in [1.54, 1.807) is 0 Å². The first-order valence-corrected chi connectivity index (χ1v) is 4.09. The summed E-state index contributed by atoms with van der Waals surface area (Å²) >= 11 is 0. The van der Waals surface area contributed by atoms with Crippen LogP contribution in [-0.2, 0) is 0 Å². The third-order valence-electron chi connectivity index (χ3n) is 2.68. The summed E-state index contributed by atoms with van der Waals surface area (Å²) in [4.78, 5) is 0. The molecule has 0 fully saturated rings. The molecule has 0 saturated heterocycles. The van der Waals surface area contributed by atoms with Crippen LogP contribution < -0.4 is 0 Å². The molecule has 1 nitrogen and oxygen atoms in total. The number of quaternary nitrogens is 1. The van der Waals surface area contributed by atoms with E-state index in [1.165, 1.54) is 30.7 Å². The van der Waals surface area contributed by atoms with Crippen molar-refractivity contribution in [1.29, 1.82) is 0 Å². The summed E-state index contributed by atoms with van der Waals surface area (Å²) in [6.07, 6.45) is 0. The van der Waals surface area contributed by atoms with E-state index in [0.717, 1.165) is 0 Å². The Balaban J connectivity index is 0. The van der Waals surface area contributed by atoms with Crippen molar-refractivity contribution in [2.24, 2.45) is 0 Å². The molecular weight excluding hydrogens is 149 g/mol. The van der Waals surface area contributed by atoms with Crippen LogP contribution in [0.2, 0.25) is 0 Å². The van der Waals surface area contributed by atoms with Crippen molar-refractivity contribution in [3.8, 4) is 0 Å². The van der Waals surface area contributed by atoms with Crippen molar-refractivity contribution >= 4 is 51.4 Å². The molecule has 0 atom stereocenters. The second-order valence-electron chi connectivity index (χ2n) is 2.61. The normalized spacial score (nSPS) is 10.8. The minimum atomic E-state index is 0. The van der Waals surface area contributed by atoms with E-state index in [9.17, 15) is 0 Å². The molecule has 0 aromatic heterocycles. The third kappa shape index (κ3) is 3.84. The monoisotopic (exact) mass is 170 g/mol. The van der Waals surface area contributed by atoms with Crippen LogP contribution in [0.5, 0.6) is 0 Å². The van der Waals surface area contributed by atoms with Gasteiger partial charge in [-0.2, -0.15) is 0 Å². The Morgan fingerprint density at radius 2 is 0.900 bits per heavy atom. The molecular formula is C8H21KN+. The molecule has 0 bridgehead atoms. The van der Waals surface area contributed by atoms with Gasteiger partial charge < -0.3 is 4.48 Å². The Morgan fingerprint density at radius 3 is 0.900 bits per heavy atom. The molecule has 0 N–H and O–H groups in total. The zero-order chi connectivity index (χ0) is 7.33. The van der Waals surface area contributed by atoms with Gasteiger partial charge in [0, 0.05) is 0 Å². The van der Waals surface area contributed by atoms with Crippen molar-refractivity contribution in [1.82, 2.24) is 0 Å². The standard InChI is InChI=1S/C8H20N.K.H/c1-5-9(6-2,7-3)8-4;;/h5-8H2,1-4H3;;/q+1;;. The van der Waals surface area contributed by atoms with Crippen molar-refractivity contribution in [2.75, 3.05) is 26.2 Å². The molecule has 10 heavy (non-hydrogen) atoms. The second-order valence-corrected chi connectivity index (χ2v) is 2.61. The quantitative estimate of drug-likeness (QED) is 0.440. The van der Waals surface area contributed by atoms with Crippen LogP contribution in [0.1, 0.15) is 27.7 Å². The van der Waals surface area contributed by atoms with Crippen LogP contribution in [0.3, 0.4) is 0 Å². The van der Waals surface area contributed by atoms with E-state index < -0.39 is 0 Å². The van der Waals surface area contributed by atoms with E-state index in [0.29, 0.717) is 0 Å². The van der Waals surface area contributed by atoms with Gasteiger partial charge in [-0.1, -0.05) is 0 Å². The number of hydrogen-bond acceptors (Lipinski definition) is 0. The van der Waals surface area contributed by atoms with Gasteiger partial charge >= 0.3 is 51.4 Å². The first kappa shape index (κ1) is 14.1. The summed E-state index contributed by atoms with van der Waals surface area (Å²) < 4.78 is 1.28. The van der Waals surface area contributed by atoms with Crippen LogP contribution in [0.25, 0.3) is 0 Å². The van der Waals surface area contributed by atoms with Gasteiger partial charge in [-0.05, 0) is 27.7 Å². The Bertz CT molecular complexity index is 52.1. The second kappa shape index (κ2) is 7.26. The topological polar surface area (TPSA) is 0 Å². The molecule has 0 amide bonds. The van der Waals surface area contributed by atoms with Crippen molar-refractivity contribution in [3.05, 3.63) is 0 Å². The first-order valence-electron chi connectivity index (χ1n) is 4.09. The summed E-state index contributed by atoms with van der Waals surface area (Å²) in [5.41, 5.74) is 0. The van der Waals surface area contributed by atoms with Gasteiger partial charge in [0.15, 0.2) is 0 Å². The summed E-state index contributed by atoms with van der Waals surface area (Å²) in [7, 11) is 0. The third-order valence-corrected chi connectivity index (χ3v) is 2.68. The van der Waals surface area contributed by atoms with E-state index in [-0.39, 0.29) is 51.4 Å². The molecule has 0 unspecified atom stereocenters. The van der Waals surface area contributed by atoms with Crippen LogP contribution in [-0.4, -0.2) is 82.0 Å². The van der Waals surface area contributed by atoms with E-state index in [2.05, 4.69) is 27.7 Å². The summed E-state index contributed by atoms with van der Waals surface area (Å²) in [6, 6.07) is 0.